The number of aromatic hydroxyl groups is 1. The van der Waals surface area contributed by atoms with E-state index < -0.39 is 117 Å². The van der Waals surface area contributed by atoms with Crippen LogP contribution in [0.1, 0.15) is 68.0 Å². The molecular weight excluding hydrogens is 693 g/mol. The Bertz CT molecular complexity index is 1660. The van der Waals surface area contributed by atoms with Crippen molar-refractivity contribution in [3.05, 3.63) is 63.1 Å². The number of hydrogen-bond donors (Lipinski definition) is 2. The minimum absolute atomic E-state index is 0.0678. The Balaban J connectivity index is 1.75. The van der Waals surface area contributed by atoms with Gasteiger partial charge in [-0.2, -0.15) is 0 Å². The number of amides is 1. The van der Waals surface area contributed by atoms with Crippen LogP contribution in [0.5, 0.6) is 5.75 Å². The van der Waals surface area contributed by atoms with Crippen molar-refractivity contribution in [2.45, 2.75) is 72.9 Å². The van der Waals surface area contributed by atoms with Crippen molar-refractivity contribution in [1.29, 1.82) is 0 Å². The summed E-state index contributed by atoms with van der Waals surface area (Å²) < 4.78 is 77.3. The van der Waals surface area contributed by atoms with E-state index in [0.29, 0.717) is 6.07 Å². The van der Waals surface area contributed by atoms with Gasteiger partial charge in [-0.3, -0.25) is 28.0 Å². The molecule has 19 heteroatoms. The number of nitrogens with zero attached hydrogens (tertiary/aromatic N) is 1. The van der Waals surface area contributed by atoms with Crippen LogP contribution in [0.15, 0.2) is 29.2 Å². The number of rotatable bonds is 15. The molecule has 1 amide bonds. The molecule has 276 valence electrons. The highest BCUT2D eigenvalue weighted by atomic mass is 31.2. The average molecular weight is 733 g/mol. The number of fused-ring (bicyclic) bond motifs is 1. The van der Waals surface area contributed by atoms with Gasteiger partial charge in [-0.15, -0.1) is 0 Å². The molecule has 2 aromatic rings. The summed E-state index contributed by atoms with van der Waals surface area (Å²) >= 11 is 0. The lowest BCUT2D eigenvalue weighted by Gasteiger charge is -2.39. The van der Waals surface area contributed by atoms with Crippen molar-refractivity contribution in [3.63, 3.8) is 0 Å². The Morgan fingerprint density at radius 3 is 2.14 bits per heavy atom. The van der Waals surface area contributed by atoms with Crippen molar-refractivity contribution in [2.24, 2.45) is 5.41 Å². The molecule has 2 heterocycles. The molecule has 2 N–H and O–H groups in total. The third-order valence-corrected chi connectivity index (χ3v) is 8.85. The third-order valence-electron chi connectivity index (χ3n) is 7.12. The van der Waals surface area contributed by atoms with Gasteiger partial charge in [0.25, 0.3) is 5.91 Å². The molecule has 0 aliphatic carbocycles. The molecule has 16 nitrogen and oxygen atoms in total. The predicted molar refractivity (Wildman–Crippen MR) is 168 cm³/mol. The monoisotopic (exact) mass is 732 g/mol. The summed E-state index contributed by atoms with van der Waals surface area (Å²) in [4.78, 5) is 62.8. The number of nitrogens with one attached hydrogen (secondary N) is 1. The van der Waals surface area contributed by atoms with Crippen LogP contribution in [0.4, 0.5) is 18.4 Å². The lowest BCUT2D eigenvalue weighted by atomic mass is 9.77. The Kier molecular flexibility index (Phi) is 13.6. The SMILES string of the molecule is CC(C)OC(=O)OCOP(=O)(CCOC1Cn2cc(C(=O)NCc3ccc(F)cc3F)c(=O)c(O)c2C(=O)C1(C)C)OCOC(=O)OC(C)C. The summed E-state index contributed by atoms with van der Waals surface area (Å²) in [6, 6.07) is 2.73. The number of carbonyl (C=O) groups excluding carboxylic acids is 4. The van der Waals surface area contributed by atoms with Crippen LogP contribution in [0.3, 0.4) is 0 Å². The van der Waals surface area contributed by atoms with E-state index in [1.54, 1.807) is 27.7 Å². The Hall–Kier alpha value is -4.38. The van der Waals surface area contributed by atoms with E-state index in [4.69, 9.17) is 32.7 Å². The Morgan fingerprint density at radius 2 is 1.60 bits per heavy atom. The number of halogens is 2. The van der Waals surface area contributed by atoms with Gasteiger partial charge < -0.3 is 38.7 Å². The molecule has 3 rings (SSSR count). The topological polar surface area (TPSA) is 204 Å². The van der Waals surface area contributed by atoms with E-state index in [1.165, 1.54) is 13.8 Å². The van der Waals surface area contributed by atoms with E-state index in [1.807, 2.05) is 0 Å². The number of aromatic nitrogens is 1. The summed E-state index contributed by atoms with van der Waals surface area (Å²) in [5.74, 6) is -4.45. The highest BCUT2D eigenvalue weighted by molar-refractivity contribution is 7.53. The van der Waals surface area contributed by atoms with E-state index in [2.05, 4.69) is 5.32 Å². The van der Waals surface area contributed by atoms with Gasteiger partial charge in [0.15, 0.2) is 11.5 Å². The predicted octanol–water partition coefficient (Wildman–Crippen LogP) is 4.63. The number of benzene rings is 1. The second-order valence-electron chi connectivity index (χ2n) is 12.0. The largest absolute Gasteiger partial charge is 0.510 e. The first-order chi connectivity index (χ1) is 23.3. The summed E-state index contributed by atoms with van der Waals surface area (Å²) in [5, 5.41) is 13.0. The number of Topliss-reactive ketones (excluding diaryl/α,β-unsaturated/α-hetero) is 1. The summed E-state index contributed by atoms with van der Waals surface area (Å²) in [6.07, 6.45) is -3.72. The van der Waals surface area contributed by atoms with Crippen LogP contribution in [0, 0.1) is 17.0 Å². The lowest BCUT2D eigenvalue weighted by molar-refractivity contribution is -0.0378. The lowest BCUT2D eigenvalue weighted by Crippen LogP contribution is -2.48. The highest BCUT2D eigenvalue weighted by Crippen LogP contribution is 2.48. The van der Waals surface area contributed by atoms with Crippen LogP contribution < -0.4 is 10.7 Å². The van der Waals surface area contributed by atoms with Crippen molar-refractivity contribution in [1.82, 2.24) is 9.88 Å². The van der Waals surface area contributed by atoms with Gasteiger partial charge in [0.05, 0.1) is 43.0 Å². The summed E-state index contributed by atoms with van der Waals surface area (Å²) in [6.45, 7) is 6.53. The number of carbonyl (C=O) groups is 4. The van der Waals surface area contributed by atoms with E-state index in [9.17, 15) is 42.4 Å². The van der Waals surface area contributed by atoms with Crippen LogP contribution in [0.2, 0.25) is 0 Å². The fraction of sp³-hybridized carbons (Fsp3) is 0.516. The van der Waals surface area contributed by atoms with Crippen LogP contribution >= 0.6 is 7.60 Å². The molecule has 1 aromatic carbocycles. The van der Waals surface area contributed by atoms with Gasteiger partial charge in [-0.25, -0.2) is 18.4 Å². The molecule has 1 unspecified atom stereocenters. The number of hydrogen-bond acceptors (Lipinski definition) is 14. The van der Waals surface area contributed by atoms with E-state index >= 15 is 0 Å². The van der Waals surface area contributed by atoms with E-state index in [-0.39, 0.29) is 17.8 Å². The summed E-state index contributed by atoms with van der Waals surface area (Å²) in [5.41, 5.74) is -3.53. The minimum atomic E-state index is -4.23. The first-order valence-electron chi connectivity index (χ1n) is 15.2. The second kappa shape index (κ2) is 17.0. The number of pyridine rings is 1. The molecule has 1 atom stereocenters. The molecule has 50 heavy (non-hydrogen) atoms. The Labute approximate surface area is 285 Å². The van der Waals surface area contributed by atoms with Crippen molar-refractivity contribution in [3.8, 4) is 5.75 Å². The molecule has 0 spiro atoms. The molecule has 0 bridgehead atoms. The fourth-order valence-electron chi connectivity index (χ4n) is 4.48. The second-order valence-corrected chi connectivity index (χ2v) is 14.2. The van der Waals surface area contributed by atoms with Gasteiger partial charge in [0.2, 0.25) is 19.0 Å². The summed E-state index contributed by atoms with van der Waals surface area (Å²) in [7, 11) is -4.23. The Morgan fingerprint density at radius 1 is 1.02 bits per heavy atom. The molecule has 0 saturated carbocycles. The molecular formula is C31H39F2N2O14P. The molecule has 0 saturated heterocycles. The van der Waals surface area contributed by atoms with E-state index in [0.717, 1.165) is 22.9 Å². The number of ether oxygens (including phenoxy) is 5. The van der Waals surface area contributed by atoms with Crippen molar-refractivity contribution < 1.29 is 70.4 Å². The fourth-order valence-corrected chi connectivity index (χ4v) is 5.57. The third kappa shape index (κ3) is 10.6. The van der Waals surface area contributed by atoms with Gasteiger partial charge >= 0.3 is 19.9 Å². The maximum Gasteiger partial charge on any atom is 0.510 e. The molecule has 1 aliphatic heterocycles. The average Bonchev–Trinajstić information content (AvgIpc) is 3.00. The maximum atomic E-state index is 14.0. The van der Waals surface area contributed by atoms with Crippen LogP contribution in [-0.2, 0) is 50.4 Å². The number of ketones is 1. The van der Waals surface area contributed by atoms with Crippen LogP contribution in [-0.4, -0.2) is 78.3 Å². The molecule has 1 aliphatic rings. The zero-order chi connectivity index (χ0) is 37.4. The standard InChI is InChI=1S/C31H39F2N2O14P/c1-17(2)48-29(40)44-15-46-50(42,47-16-45-30(41)49-18(3)4)10-9-43-23-14-35-13-21(25(36)26(37)24(35)27(38)31(23,5)6)28(39)34-12-19-7-8-20(32)11-22(19)33/h7-8,11,13,17-18,23,37H,9-10,12,14-16H2,1-6H3,(H,34,39). The first-order valence-corrected chi connectivity index (χ1v) is 17.0. The highest BCUT2D eigenvalue weighted by Gasteiger charge is 2.46. The van der Waals surface area contributed by atoms with Gasteiger partial charge in [-0.05, 0) is 47.6 Å². The quantitative estimate of drug-likeness (QED) is 0.146. The first kappa shape index (κ1) is 40.1. The zero-order valence-corrected chi connectivity index (χ0v) is 29.1. The normalized spacial score (nSPS) is 15.4. The maximum absolute atomic E-state index is 14.0. The molecule has 1 aromatic heterocycles. The van der Waals surface area contributed by atoms with Crippen LogP contribution in [0.25, 0.3) is 0 Å². The van der Waals surface area contributed by atoms with Crippen molar-refractivity contribution in [2.75, 3.05) is 26.4 Å². The smallest absolute Gasteiger partial charge is 0.503 e. The van der Waals surface area contributed by atoms with Gasteiger partial charge in [0, 0.05) is 24.4 Å². The molecule has 0 radical (unpaired) electrons. The van der Waals surface area contributed by atoms with Crippen molar-refractivity contribution >= 4 is 31.6 Å². The zero-order valence-electron chi connectivity index (χ0n) is 28.2. The minimum Gasteiger partial charge on any atom is -0.503 e. The van der Waals surface area contributed by atoms with Gasteiger partial charge in [-0.1, -0.05) is 6.07 Å². The molecule has 0 fully saturated rings. The van der Waals surface area contributed by atoms with Gasteiger partial charge in [0.1, 0.15) is 22.9 Å².